The number of ketones is 1. The zero-order chi connectivity index (χ0) is 18.0. The third-order valence-corrected chi connectivity index (χ3v) is 3.80. The molecule has 3 rings (SSSR count). The fourth-order valence-corrected chi connectivity index (χ4v) is 2.36. The minimum absolute atomic E-state index is 0.0990. The molecule has 0 fully saturated rings. The molecule has 0 aromatic heterocycles. The van der Waals surface area contributed by atoms with Crippen LogP contribution in [0.2, 0.25) is 0 Å². The van der Waals surface area contributed by atoms with Crippen molar-refractivity contribution in [2.24, 2.45) is 4.99 Å². The molecule has 0 unspecified atom stereocenters. The summed E-state index contributed by atoms with van der Waals surface area (Å²) in [6.07, 6.45) is 1.53. The van der Waals surface area contributed by atoms with E-state index >= 15 is 0 Å². The van der Waals surface area contributed by atoms with Gasteiger partial charge in [-0.1, -0.05) is 0 Å². The van der Waals surface area contributed by atoms with Gasteiger partial charge in [0.05, 0.1) is 11.4 Å². The Bertz CT molecular complexity index is 907. The molecule has 0 radical (unpaired) electrons. The summed E-state index contributed by atoms with van der Waals surface area (Å²) >= 11 is 0. The third kappa shape index (κ3) is 3.53. The number of rotatable bonds is 3. The highest BCUT2D eigenvalue weighted by atomic mass is 16.3. The van der Waals surface area contributed by atoms with Gasteiger partial charge in [-0.15, -0.1) is 0 Å². The Morgan fingerprint density at radius 2 is 1.52 bits per heavy atom. The number of aliphatic hydroxyl groups is 1. The molecule has 0 bridgehead atoms. The van der Waals surface area contributed by atoms with E-state index in [1.54, 1.807) is 55.5 Å². The Hall–Kier alpha value is -3.54. The second-order valence-corrected chi connectivity index (χ2v) is 5.70. The van der Waals surface area contributed by atoms with Crippen molar-refractivity contribution in [2.45, 2.75) is 6.92 Å². The fraction of sp³-hybridized carbons (Fsp3) is 0.0526. The second-order valence-electron chi connectivity index (χ2n) is 5.70. The quantitative estimate of drug-likeness (QED) is 0.508. The molecular formula is C19H18N4O2. The number of hydrogen-bond acceptors (Lipinski definition) is 6. The van der Waals surface area contributed by atoms with Crippen molar-refractivity contribution in [3.8, 4) is 0 Å². The Morgan fingerprint density at radius 1 is 0.960 bits per heavy atom. The van der Waals surface area contributed by atoms with Gasteiger partial charge >= 0.3 is 0 Å². The molecule has 1 aliphatic carbocycles. The molecule has 1 aliphatic rings. The van der Waals surface area contributed by atoms with Crippen LogP contribution < -0.4 is 16.8 Å². The second kappa shape index (κ2) is 6.52. The molecule has 0 saturated carbocycles. The molecule has 6 N–H and O–H groups in total. The molecule has 0 heterocycles. The van der Waals surface area contributed by atoms with Crippen LogP contribution in [0.1, 0.15) is 6.92 Å². The highest BCUT2D eigenvalue weighted by molar-refractivity contribution is 6.51. The van der Waals surface area contributed by atoms with E-state index in [-0.39, 0.29) is 22.8 Å². The topological polar surface area (TPSA) is 114 Å². The number of nitrogens with one attached hydrogen (secondary N) is 1. The molecule has 2 aromatic carbocycles. The maximum Gasteiger partial charge on any atom is 0.210 e. The van der Waals surface area contributed by atoms with Crippen LogP contribution in [0.3, 0.4) is 0 Å². The smallest absolute Gasteiger partial charge is 0.210 e. The molecule has 6 nitrogen and oxygen atoms in total. The number of aliphatic hydroxyl groups excluding tert-OH is 1. The van der Waals surface area contributed by atoms with Crippen LogP contribution in [0.15, 0.2) is 76.6 Å². The van der Waals surface area contributed by atoms with Crippen molar-refractivity contribution in [3.63, 3.8) is 0 Å². The van der Waals surface area contributed by atoms with Crippen molar-refractivity contribution in [1.29, 1.82) is 0 Å². The number of carbonyl (C=O) groups is 1. The van der Waals surface area contributed by atoms with Crippen LogP contribution in [0, 0.1) is 0 Å². The Morgan fingerprint density at radius 3 is 2.12 bits per heavy atom. The standard InChI is InChI=1S/C19H18N4O2/c1-11-18(24)16(22-14-6-2-12(20)3-7-14)10-17(19(11)25)23-15-8-4-13(21)5-9-15/h2-10,22,24H,20-21H2,1H3. The SMILES string of the molecule is CC1=C(O)C(Nc2ccc(N)cc2)=CC(=Nc2ccc(N)cc2)C1=O. The monoisotopic (exact) mass is 334 g/mol. The van der Waals surface area contributed by atoms with Crippen LogP contribution in [-0.2, 0) is 4.79 Å². The van der Waals surface area contributed by atoms with Gasteiger partial charge in [0.15, 0.2) is 0 Å². The molecule has 2 aromatic rings. The fourth-order valence-electron chi connectivity index (χ4n) is 2.36. The van der Waals surface area contributed by atoms with Crippen molar-refractivity contribution in [3.05, 3.63) is 71.6 Å². The van der Waals surface area contributed by atoms with E-state index in [9.17, 15) is 9.90 Å². The summed E-state index contributed by atoms with van der Waals surface area (Å²) in [4.78, 5) is 16.7. The molecule has 0 amide bonds. The minimum atomic E-state index is -0.322. The van der Waals surface area contributed by atoms with E-state index in [0.717, 1.165) is 5.69 Å². The highest BCUT2D eigenvalue weighted by Gasteiger charge is 2.24. The van der Waals surface area contributed by atoms with Crippen molar-refractivity contribution < 1.29 is 9.90 Å². The van der Waals surface area contributed by atoms with E-state index in [2.05, 4.69) is 10.3 Å². The largest absolute Gasteiger partial charge is 0.505 e. The van der Waals surface area contributed by atoms with Gasteiger partial charge in [0.2, 0.25) is 5.78 Å². The third-order valence-electron chi connectivity index (χ3n) is 3.80. The molecule has 0 atom stereocenters. The number of nitrogens with zero attached hydrogens (tertiary/aromatic N) is 1. The number of benzene rings is 2. The predicted molar refractivity (Wildman–Crippen MR) is 101 cm³/mol. The van der Waals surface area contributed by atoms with Crippen LogP contribution >= 0.6 is 0 Å². The van der Waals surface area contributed by atoms with Gasteiger partial charge in [-0.05, 0) is 61.5 Å². The van der Waals surface area contributed by atoms with Gasteiger partial charge in [-0.3, -0.25) is 4.79 Å². The van der Waals surface area contributed by atoms with E-state index in [0.29, 0.717) is 22.8 Å². The van der Waals surface area contributed by atoms with Crippen LogP contribution in [0.5, 0.6) is 0 Å². The van der Waals surface area contributed by atoms with Crippen molar-refractivity contribution >= 4 is 34.2 Å². The molecule has 25 heavy (non-hydrogen) atoms. The lowest BCUT2D eigenvalue weighted by Gasteiger charge is -2.17. The Kier molecular flexibility index (Phi) is 4.26. The molecule has 6 heteroatoms. The predicted octanol–water partition coefficient (Wildman–Crippen LogP) is 3.33. The van der Waals surface area contributed by atoms with E-state index in [1.165, 1.54) is 6.08 Å². The summed E-state index contributed by atoms with van der Waals surface area (Å²) in [6, 6.07) is 13.9. The number of allylic oxidation sites excluding steroid dienone is 2. The summed E-state index contributed by atoms with van der Waals surface area (Å²) in [6.45, 7) is 1.56. The number of aliphatic imine (C=N–C) groups is 1. The van der Waals surface area contributed by atoms with Gasteiger partial charge in [-0.25, -0.2) is 4.99 Å². The first kappa shape index (κ1) is 16.3. The lowest BCUT2D eigenvalue weighted by Crippen LogP contribution is -2.22. The van der Waals surface area contributed by atoms with Gasteiger partial charge in [-0.2, -0.15) is 0 Å². The molecular weight excluding hydrogens is 316 g/mol. The average molecular weight is 334 g/mol. The Balaban J connectivity index is 1.96. The number of hydrogen-bond donors (Lipinski definition) is 4. The van der Waals surface area contributed by atoms with Crippen LogP contribution in [-0.4, -0.2) is 16.6 Å². The number of Topliss-reactive ketones (excluding diaryl/α,β-unsaturated/α-hetero) is 1. The first-order chi connectivity index (χ1) is 11.9. The van der Waals surface area contributed by atoms with Gasteiger partial charge < -0.3 is 21.9 Å². The average Bonchev–Trinajstić information content (AvgIpc) is 2.61. The van der Waals surface area contributed by atoms with Gasteiger partial charge in [0.1, 0.15) is 11.5 Å². The minimum Gasteiger partial charge on any atom is -0.505 e. The first-order valence-corrected chi connectivity index (χ1v) is 7.67. The Labute approximate surface area is 145 Å². The number of anilines is 3. The molecule has 0 saturated heterocycles. The summed E-state index contributed by atoms with van der Waals surface area (Å²) in [7, 11) is 0. The van der Waals surface area contributed by atoms with E-state index < -0.39 is 0 Å². The first-order valence-electron chi connectivity index (χ1n) is 7.67. The summed E-state index contributed by atoms with van der Waals surface area (Å²) in [5.41, 5.74) is 14.8. The van der Waals surface area contributed by atoms with Gasteiger partial charge in [0.25, 0.3) is 0 Å². The van der Waals surface area contributed by atoms with E-state index in [1.807, 2.05) is 0 Å². The molecule has 0 spiro atoms. The lowest BCUT2D eigenvalue weighted by molar-refractivity contribution is -0.109. The number of nitrogens with two attached hydrogens (primary N) is 2. The summed E-state index contributed by atoms with van der Waals surface area (Å²) in [5.74, 6) is -0.421. The van der Waals surface area contributed by atoms with E-state index in [4.69, 9.17) is 11.5 Å². The van der Waals surface area contributed by atoms with Gasteiger partial charge in [0, 0.05) is 22.6 Å². The molecule has 0 aliphatic heterocycles. The van der Waals surface area contributed by atoms with Crippen LogP contribution in [0.4, 0.5) is 22.7 Å². The maximum atomic E-state index is 12.4. The zero-order valence-electron chi connectivity index (χ0n) is 13.7. The summed E-state index contributed by atoms with van der Waals surface area (Å²) < 4.78 is 0. The highest BCUT2D eigenvalue weighted by Crippen LogP contribution is 2.24. The summed E-state index contributed by atoms with van der Waals surface area (Å²) in [5, 5.41) is 13.4. The number of carbonyl (C=O) groups excluding carboxylic acids is 1. The molecule has 126 valence electrons. The van der Waals surface area contributed by atoms with Crippen LogP contribution in [0.25, 0.3) is 0 Å². The maximum absolute atomic E-state index is 12.4. The lowest BCUT2D eigenvalue weighted by atomic mass is 9.99. The van der Waals surface area contributed by atoms with Crippen molar-refractivity contribution in [2.75, 3.05) is 16.8 Å². The normalized spacial score (nSPS) is 16.1. The van der Waals surface area contributed by atoms with Crippen molar-refractivity contribution in [1.82, 2.24) is 0 Å². The number of nitrogen functional groups attached to an aromatic ring is 2. The zero-order valence-corrected chi connectivity index (χ0v) is 13.7.